The zero-order valence-electron chi connectivity index (χ0n) is 22.9. The summed E-state index contributed by atoms with van der Waals surface area (Å²) in [5.41, 5.74) is 0.984. The average molecular weight is 507 g/mol. The summed E-state index contributed by atoms with van der Waals surface area (Å²) in [4.78, 5) is 11.6. The molecule has 35 heavy (non-hydrogen) atoms. The van der Waals surface area contributed by atoms with E-state index < -0.39 is 14.6 Å². The third-order valence-corrected chi connectivity index (χ3v) is 12.2. The molecule has 0 unspecified atom stereocenters. The van der Waals surface area contributed by atoms with E-state index in [9.17, 15) is 4.79 Å². The van der Waals surface area contributed by atoms with Crippen LogP contribution in [0.25, 0.3) is 0 Å². The van der Waals surface area contributed by atoms with Crippen molar-refractivity contribution in [3.8, 4) is 5.75 Å². The number of benzene rings is 1. The molecule has 0 spiro atoms. The molecule has 6 nitrogen and oxygen atoms in total. The predicted octanol–water partition coefficient (Wildman–Crippen LogP) is 6.53. The van der Waals surface area contributed by atoms with Crippen molar-refractivity contribution in [1.29, 1.82) is 0 Å². The Labute approximate surface area is 213 Å². The highest BCUT2D eigenvalue weighted by molar-refractivity contribution is 6.73. The molecule has 0 aliphatic carbocycles. The van der Waals surface area contributed by atoms with Crippen molar-refractivity contribution >= 4 is 14.3 Å². The third-order valence-electron chi connectivity index (χ3n) is 7.57. The Morgan fingerprint density at radius 3 is 2.29 bits per heavy atom. The molecular formula is C28H46O6Si. The van der Waals surface area contributed by atoms with E-state index in [0.29, 0.717) is 6.61 Å². The van der Waals surface area contributed by atoms with Crippen molar-refractivity contribution in [2.45, 2.75) is 84.6 Å². The Bertz CT molecular complexity index is 783. The van der Waals surface area contributed by atoms with Crippen molar-refractivity contribution < 1.29 is 28.2 Å². The van der Waals surface area contributed by atoms with Crippen LogP contribution in [0.3, 0.4) is 0 Å². The second-order valence-corrected chi connectivity index (χ2v) is 14.5. The Balaban J connectivity index is 2.28. The van der Waals surface area contributed by atoms with Gasteiger partial charge in [0.25, 0.3) is 0 Å². The van der Waals surface area contributed by atoms with E-state index in [-0.39, 0.29) is 42.4 Å². The molecule has 1 aromatic rings. The summed E-state index contributed by atoms with van der Waals surface area (Å²) in [7, 11) is 1.20. The van der Waals surface area contributed by atoms with Gasteiger partial charge >= 0.3 is 5.97 Å². The fraction of sp³-hybridized carbons (Fsp3) is 0.679. The van der Waals surface area contributed by atoms with Gasteiger partial charge in [0.15, 0.2) is 14.6 Å². The molecule has 0 aromatic heterocycles. The second-order valence-electron chi connectivity index (χ2n) is 9.77. The highest BCUT2D eigenvalue weighted by Gasteiger charge is 2.42. The van der Waals surface area contributed by atoms with E-state index in [4.69, 9.17) is 23.4 Å². The minimum Gasteiger partial charge on any atom is -0.497 e. The minimum absolute atomic E-state index is 0.0162. The summed E-state index contributed by atoms with van der Waals surface area (Å²) in [6.45, 7) is 14.0. The first-order valence-corrected chi connectivity index (χ1v) is 15.6. The normalized spacial score (nSPS) is 23.6. The van der Waals surface area contributed by atoms with Crippen LogP contribution in [0.1, 0.15) is 59.8 Å². The van der Waals surface area contributed by atoms with Crippen LogP contribution in [0.5, 0.6) is 5.75 Å². The number of rotatable bonds is 13. The lowest BCUT2D eigenvalue weighted by atomic mass is 9.83. The van der Waals surface area contributed by atoms with Crippen molar-refractivity contribution in [2.75, 3.05) is 20.8 Å². The first kappa shape index (κ1) is 29.6. The van der Waals surface area contributed by atoms with Crippen molar-refractivity contribution in [2.24, 2.45) is 17.8 Å². The molecular weight excluding hydrogens is 460 g/mol. The Kier molecular flexibility index (Phi) is 12.0. The molecule has 0 saturated carbocycles. The molecule has 1 aliphatic rings. The smallest absolute Gasteiger partial charge is 0.309 e. The van der Waals surface area contributed by atoms with Crippen LogP contribution in [0.2, 0.25) is 18.1 Å². The highest BCUT2D eigenvalue weighted by atomic mass is 28.4. The fourth-order valence-electron chi connectivity index (χ4n) is 4.97. The maximum atomic E-state index is 11.6. The van der Waals surface area contributed by atoms with Gasteiger partial charge in [-0.25, -0.2) is 0 Å². The Hall–Kier alpha value is -1.67. The van der Waals surface area contributed by atoms with Crippen LogP contribution < -0.4 is 4.74 Å². The quantitative estimate of drug-likeness (QED) is 0.172. The molecule has 1 fully saturated rings. The number of esters is 1. The fourth-order valence-corrected chi connectivity index (χ4v) is 7.98. The van der Waals surface area contributed by atoms with Crippen molar-refractivity contribution in [1.82, 2.24) is 0 Å². The standard InChI is InChI=1S/C28H46O6Si/c1-9-35(10-2,11-3)34-27(20(4)13-12-14-25(29)31-8)22(6)26-21(5)19-32-28(33-26)23-15-17-24(30-7)18-16-23/h12-13,15-18,20-22,26-28H,9-11,14,19H2,1-8H3/b13-12+/t20-,21-,22-,26+,27-,28+/m0/s1. The summed E-state index contributed by atoms with van der Waals surface area (Å²) in [6, 6.07) is 11.1. The Morgan fingerprint density at radius 1 is 1.11 bits per heavy atom. The number of hydrogen-bond acceptors (Lipinski definition) is 6. The number of carbonyl (C=O) groups is 1. The molecule has 1 saturated heterocycles. The van der Waals surface area contributed by atoms with Gasteiger partial charge in [-0.1, -0.05) is 65.8 Å². The van der Waals surface area contributed by atoms with E-state index in [2.05, 4.69) is 47.6 Å². The van der Waals surface area contributed by atoms with E-state index >= 15 is 0 Å². The Morgan fingerprint density at radius 2 is 1.74 bits per heavy atom. The largest absolute Gasteiger partial charge is 0.497 e. The van der Waals surface area contributed by atoms with Gasteiger partial charge in [-0.15, -0.1) is 0 Å². The highest BCUT2D eigenvalue weighted by Crippen LogP contribution is 2.38. The maximum absolute atomic E-state index is 11.6. The van der Waals surface area contributed by atoms with Gasteiger partial charge in [-0.2, -0.15) is 0 Å². The number of methoxy groups -OCH3 is 2. The molecule has 0 amide bonds. The topological polar surface area (TPSA) is 63.2 Å². The van der Waals surface area contributed by atoms with Gasteiger partial charge in [-0.05, 0) is 36.2 Å². The molecule has 6 atom stereocenters. The van der Waals surface area contributed by atoms with Gasteiger partial charge in [0.05, 0.1) is 39.5 Å². The summed E-state index contributed by atoms with van der Waals surface area (Å²) < 4.78 is 29.9. The lowest BCUT2D eigenvalue weighted by molar-refractivity contribution is -0.256. The van der Waals surface area contributed by atoms with Gasteiger partial charge in [0, 0.05) is 17.4 Å². The van der Waals surface area contributed by atoms with Crippen LogP contribution in [-0.2, 0) is 23.4 Å². The molecule has 0 radical (unpaired) electrons. The van der Waals surface area contributed by atoms with Crippen LogP contribution in [0.15, 0.2) is 36.4 Å². The molecule has 198 valence electrons. The zero-order valence-corrected chi connectivity index (χ0v) is 23.9. The van der Waals surface area contributed by atoms with E-state index in [1.54, 1.807) is 7.11 Å². The SMILES string of the molecule is CC[Si](CC)(CC)O[C@H]([C@@H](C)[C@@H]1O[C@H](c2ccc(OC)cc2)OC[C@@H]1C)[C@@H](C)/C=C/CC(=O)OC. The first-order chi connectivity index (χ1) is 16.7. The summed E-state index contributed by atoms with van der Waals surface area (Å²) in [6.07, 6.45) is 3.82. The summed E-state index contributed by atoms with van der Waals surface area (Å²) in [5.74, 6) is 1.08. The summed E-state index contributed by atoms with van der Waals surface area (Å²) >= 11 is 0. The molecule has 1 aliphatic heterocycles. The maximum Gasteiger partial charge on any atom is 0.309 e. The molecule has 0 bridgehead atoms. The van der Waals surface area contributed by atoms with Gasteiger partial charge in [0.2, 0.25) is 0 Å². The zero-order chi connectivity index (χ0) is 26.0. The van der Waals surface area contributed by atoms with Crippen LogP contribution in [0, 0.1) is 17.8 Å². The van der Waals surface area contributed by atoms with Crippen molar-refractivity contribution in [3.63, 3.8) is 0 Å². The lowest BCUT2D eigenvalue weighted by Gasteiger charge is -2.44. The molecule has 7 heteroatoms. The van der Waals surface area contributed by atoms with Gasteiger partial charge in [-0.3, -0.25) is 4.79 Å². The van der Waals surface area contributed by atoms with Crippen LogP contribution in [0.4, 0.5) is 0 Å². The summed E-state index contributed by atoms with van der Waals surface area (Å²) in [5, 5.41) is 0. The van der Waals surface area contributed by atoms with E-state index in [1.807, 2.05) is 30.3 Å². The monoisotopic (exact) mass is 506 g/mol. The van der Waals surface area contributed by atoms with Crippen molar-refractivity contribution in [3.05, 3.63) is 42.0 Å². The van der Waals surface area contributed by atoms with Gasteiger partial charge < -0.3 is 23.4 Å². The van der Waals surface area contributed by atoms with Crippen LogP contribution >= 0.6 is 0 Å². The number of carbonyl (C=O) groups excluding carboxylic acids is 1. The average Bonchev–Trinajstić information content (AvgIpc) is 2.89. The number of hydrogen-bond donors (Lipinski definition) is 0. The number of ether oxygens (including phenoxy) is 4. The first-order valence-electron chi connectivity index (χ1n) is 13.1. The third kappa shape index (κ3) is 7.91. The lowest BCUT2D eigenvalue weighted by Crippen LogP contribution is -2.50. The van der Waals surface area contributed by atoms with Crippen LogP contribution in [-0.4, -0.2) is 47.3 Å². The molecule has 2 rings (SSSR count). The van der Waals surface area contributed by atoms with E-state index in [1.165, 1.54) is 7.11 Å². The predicted molar refractivity (Wildman–Crippen MR) is 142 cm³/mol. The second kappa shape index (κ2) is 14.2. The molecule has 0 N–H and O–H groups in total. The molecule has 1 aromatic carbocycles. The van der Waals surface area contributed by atoms with E-state index in [0.717, 1.165) is 29.4 Å². The molecule has 1 heterocycles. The minimum atomic E-state index is -1.88. The van der Waals surface area contributed by atoms with Gasteiger partial charge in [0.1, 0.15) is 5.75 Å².